The van der Waals surface area contributed by atoms with Gasteiger partial charge in [0.05, 0.1) is 5.69 Å². The Kier molecular flexibility index (Phi) is 2.62. The normalized spacial score (nSPS) is 21.3. The van der Waals surface area contributed by atoms with Crippen LogP contribution in [-0.2, 0) is 13.0 Å². The van der Waals surface area contributed by atoms with Crippen molar-refractivity contribution in [3.8, 4) is 0 Å². The van der Waals surface area contributed by atoms with Crippen LogP contribution in [0.5, 0.6) is 0 Å². The highest BCUT2D eigenvalue weighted by Gasteiger charge is 2.18. The third-order valence-corrected chi connectivity index (χ3v) is 2.95. The molecule has 0 N–H and O–H groups in total. The maximum Gasteiger partial charge on any atom is 0.111 e. The fourth-order valence-electron chi connectivity index (χ4n) is 2.27. The molecule has 1 aromatic rings. The highest BCUT2D eigenvalue weighted by atomic mass is 15.1. The van der Waals surface area contributed by atoms with Gasteiger partial charge in [-0.15, -0.1) is 0 Å². The van der Waals surface area contributed by atoms with Gasteiger partial charge in [-0.05, 0) is 25.2 Å². The van der Waals surface area contributed by atoms with Crippen LogP contribution >= 0.6 is 0 Å². The van der Waals surface area contributed by atoms with Crippen LogP contribution in [0.25, 0.3) is 0 Å². The second-order valence-electron chi connectivity index (χ2n) is 4.93. The molecule has 0 bridgehead atoms. The minimum Gasteiger partial charge on any atom is -0.334 e. The minimum absolute atomic E-state index is 0.657. The van der Waals surface area contributed by atoms with E-state index in [1.807, 2.05) is 0 Å². The number of imidazole rings is 1. The summed E-state index contributed by atoms with van der Waals surface area (Å²) in [6.45, 7) is 7.96. The van der Waals surface area contributed by atoms with E-state index < -0.39 is 0 Å². The van der Waals surface area contributed by atoms with Crippen LogP contribution in [0.2, 0.25) is 0 Å². The van der Waals surface area contributed by atoms with Crippen molar-refractivity contribution >= 4 is 0 Å². The molecule has 0 radical (unpaired) electrons. The molecule has 0 saturated carbocycles. The molecule has 0 spiro atoms. The van der Waals surface area contributed by atoms with Gasteiger partial charge in [-0.2, -0.15) is 0 Å². The smallest absolute Gasteiger partial charge is 0.111 e. The van der Waals surface area contributed by atoms with Gasteiger partial charge >= 0.3 is 0 Å². The first-order chi connectivity index (χ1) is 6.66. The number of hydrogen-bond acceptors (Lipinski definition) is 1. The molecule has 0 aromatic carbocycles. The highest BCUT2D eigenvalue weighted by molar-refractivity contribution is 5.10. The van der Waals surface area contributed by atoms with Crippen molar-refractivity contribution in [2.24, 2.45) is 5.92 Å². The zero-order valence-electron chi connectivity index (χ0n) is 9.45. The average molecular weight is 192 g/mol. The zero-order valence-corrected chi connectivity index (χ0v) is 9.45. The maximum absolute atomic E-state index is 4.73. The molecule has 0 fully saturated rings. The van der Waals surface area contributed by atoms with E-state index in [1.165, 1.54) is 30.9 Å². The lowest BCUT2D eigenvalue weighted by Gasteiger charge is -2.19. The van der Waals surface area contributed by atoms with Gasteiger partial charge in [0.1, 0.15) is 5.82 Å². The van der Waals surface area contributed by atoms with Gasteiger partial charge in [-0.1, -0.05) is 20.8 Å². The number of aromatic nitrogens is 2. The van der Waals surface area contributed by atoms with E-state index in [0.29, 0.717) is 11.8 Å². The fraction of sp³-hybridized carbons (Fsp3) is 0.750. The summed E-state index contributed by atoms with van der Waals surface area (Å²) in [7, 11) is 0. The molecule has 1 atom stereocenters. The second-order valence-corrected chi connectivity index (χ2v) is 4.93. The van der Waals surface area contributed by atoms with E-state index in [9.17, 15) is 0 Å². The summed E-state index contributed by atoms with van der Waals surface area (Å²) in [6.07, 6.45) is 5.99. The average Bonchev–Trinajstić information content (AvgIpc) is 2.47. The van der Waals surface area contributed by atoms with E-state index in [1.54, 1.807) is 0 Å². The van der Waals surface area contributed by atoms with Crippen LogP contribution in [0, 0.1) is 5.92 Å². The number of fused-ring (bicyclic) bond motifs is 1. The van der Waals surface area contributed by atoms with Crippen LogP contribution in [-0.4, -0.2) is 9.55 Å². The third-order valence-electron chi connectivity index (χ3n) is 2.95. The number of aryl methyl sites for hydroxylation is 1. The topological polar surface area (TPSA) is 17.8 Å². The minimum atomic E-state index is 0.657. The lowest BCUT2D eigenvalue weighted by molar-refractivity contribution is 0.463. The lowest BCUT2D eigenvalue weighted by Crippen LogP contribution is -2.12. The monoisotopic (exact) mass is 192 g/mol. The third kappa shape index (κ3) is 1.84. The Morgan fingerprint density at radius 3 is 3.00 bits per heavy atom. The number of rotatable bonds is 2. The summed E-state index contributed by atoms with van der Waals surface area (Å²) in [5, 5.41) is 0. The Labute approximate surface area is 86.3 Å². The van der Waals surface area contributed by atoms with Crippen molar-refractivity contribution in [1.82, 2.24) is 9.55 Å². The Bertz CT molecular complexity index is 312. The molecular weight excluding hydrogens is 172 g/mol. The number of hydrogen-bond donors (Lipinski definition) is 0. The summed E-state index contributed by atoms with van der Waals surface area (Å²) in [5.41, 5.74) is 1.28. The molecule has 2 rings (SSSR count). The summed E-state index contributed by atoms with van der Waals surface area (Å²) in [6, 6.07) is 0. The molecule has 2 heteroatoms. The van der Waals surface area contributed by atoms with Crippen molar-refractivity contribution in [2.75, 3.05) is 0 Å². The summed E-state index contributed by atoms with van der Waals surface area (Å²) < 4.78 is 2.35. The van der Waals surface area contributed by atoms with Crippen molar-refractivity contribution in [1.29, 1.82) is 0 Å². The van der Waals surface area contributed by atoms with E-state index in [0.717, 1.165) is 6.42 Å². The van der Waals surface area contributed by atoms with Gasteiger partial charge in [0, 0.05) is 18.7 Å². The van der Waals surface area contributed by atoms with E-state index in [2.05, 4.69) is 31.5 Å². The number of nitrogens with zero attached hydrogens (tertiary/aromatic N) is 2. The van der Waals surface area contributed by atoms with Crippen LogP contribution in [0.1, 0.15) is 51.0 Å². The molecular formula is C12H20N2. The van der Waals surface area contributed by atoms with Crippen molar-refractivity contribution in [2.45, 2.75) is 52.5 Å². The molecule has 1 aliphatic rings. The molecule has 0 saturated heterocycles. The second kappa shape index (κ2) is 3.76. The van der Waals surface area contributed by atoms with Crippen molar-refractivity contribution in [3.05, 3.63) is 17.7 Å². The standard InChI is InChI=1S/C12H20N2/c1-9(2)7-11-8-14-6-4-5-10(3)12(14)13-11/h8-10H,4-7H2,1-3H3. The Hall–Kier alpha value is -0.790. The lowest BCUT2D eigenvalue weighted by atomic mass is 10.0. The van der Waals surface area contributed by atoms with Crippen LogP contribution in [0.4, 0.5) is 0 Å². The molecule has 1 aromatic heterocycles. The highest BCUT2D eigenvalue weighted by Crippen LogP contribution is 2.26. The van der Waals surface area contributed by atoms with Crippen LogP contribution in [0.3, 0.4) is 0 Å². The Balaban J connectivity index is 2.21. The van der Waals surface area contributed by atoms with Crippen LogP contribution < -0.4 is 0 Å². The molecule has 2 heterocycles. The Morgan fingerprint density at radius 2 is 2.36 bits per heavy atom. The van der Waals surface area contributed by atoms with Gasteiger partial charge in [-0.25, -0.2) is 4.98 Å². The largest absolute Gasteiger partial charge is 0.334 e. The maximum atomic E-state index is 4.73. The van der Waals surface area contributed by atoms with Gasteiger partial charge < -0.3 is 4.57 Å². The first-order valence-electron chi connectivity index (χ1n) is 5.72. The van der Waals surface area contributed by atoms with Crippen LogP contribution in [0.15, 0.2) is 6.20 Å². The fourth-order valence-corrected chi connectivity index (χ4v) is 2.27. The predicted octanol–water partition coefficient (Wildman–Crippen LogP) is 2.98. The molecule has 1 aliphatic heterocycles. The summed E-state index contributed by atoms with van der Waals surface area (Å²) in [5.74, 6) is 2.68. The first kappa shape index (κ1) is 9.75. The van der Waals surface area contributed by atoms with E-state index >= 15 is 0 Å². The molecule has 0 aliphatic carbocycles. The first-order valence-corrected chi connectivity index (χ1v) is 5.72. The van der Waals surface area contributed by atoms with Gasteiger partial charge in [0.2, 0.25) is 0 Å². The molecule has 1 unspecified atom stereocenters. The van der Waals surface area contributed by atoms with E-state index in [-0.39, 0.29) is 0 Å². The quantitative estimate of drug-likeness (QED) is 0.704. The molecule has 78 valence electrons. The molecule has 2 nitrogen and oxygen atoms in total. The van der Waals surface area contributed by atoms with Crippen molar-refractivity contribution in [3.63, 3.8) is 0 Å². The summed E-state index contributed by atoms with van der Waals surface area (Å²) in [4.78, 5) is 4.73. The molecule has 0 amide bonds. The van der Waals surface area contributed by atoms with Gasteiger partial charge in [0.15, 0.2) is 0 Å². The van der Waals surface area contributed by atoms with Gasteiger partial charge in [0.25, 0.3) is 0 Å². The van der Waals surface area contributed by atoms with E-state index in [4.69, 9.17) is 4.98 Å². The summed E-state index contributed by atoms with van der Waals surface area (Å²) >= 11 is 0. The SMILES string of the molecule is CC(C)Cc1cn2c(n1)C(C)CCC2. The van der Waals surface area contributed by atoms with Crippen molar-refractivity contribution < 1.29 is 0 Å². The zero-order chi connectivity index (χ0) is 10.1. The Morgan fingerprint density at radius 1 is 1.57 bits per heavy atom. The molecule has 14 heavy (non-hydrogen) atoms. The predicted molar refractivity (Wildman–Crippen MR) is 58.4 cm³/mol. The van der Waals surface area contributed by atoms with Gasteiger partial charge in [-0.3, -0.25) is 0 Å².